The number of methoxy groups -OCH3 is 1. The summed E-state index contributed by atoms with van der Waals surface area (Å²) in [6.07, 6.45) is 0. The Balaban J connectivity index is 2.19. The molecule has 1 aromatic carbocycles. The van der Waals surface area contributed by atoms with Gasteiger partial charge in [0.15, 0.2) is 5.56 Å². The first-order chi connectivity index (χ1) is 11.5. The second-order valence-corrected chi connectivity index (χ2v) is 5.48. The van der Waals surface area contributed by atoms with Gasteiger partial charge in [-0.15, -0.1) is 0 Å². The quantitative estimate of drug-likeness (QED) is 0.770. The van der Waals surface area contributed by atoms with Crippen molar-refractivity contribution in [2.24, 2.45) is 0 Å². The van der Waals surface area contributed by atoms with E-state index in [4.69, 9.17) is 10.5 Å². The Morgan fingerprint density at radius 1 is 1.42 bits per heavy atom. The smallest absolute Gasteiger partial charge is 0.346 e. The first-order valence-electron chi connectivity index (χ1n) is 7.00. The Morgan fingerprint density at radius 3 is 2.83 bits per heavy atom. The highest BCUT2D eigenvalue weighted by atomic mass is 32.1. The van der Waals surface area contributed by atoms with Gasteiger partial charge >= 0.3 is 5.97 Å². The number of nitrogens with one attached hydrogen (secondary N) is 1. The maximum Gasteiger partial charge on any atom is 0.346 e. The van der Waals surface area contributed by atoms with E-state index in [0.717, 1.165) is 11.5 Å². The molecule has 0 saturated carbocycles. The van der Waals surface area contributed by atoms with E-state index in [0.29, 0.717) is 12.1 Å². The van der Waals surface area contributed by atoms with Crippen molar-refractivity contribution < 1.29 is 23.5 Å². The number of nitrogen functional groups attached to an aromatic ring is 1. The largest absolute Gasteiger partial charge is 0.471 e. The van der Waals surface area contributed by atoms with Gasteiger partial charge in [0.25, 0.3) is 5.91 Å². The molecule has 1 aromatic heterocycles. The number of rotatable bonds is 6. The Kier molecular flexibility index (Phi) is 5.69. The summed E-state index contributed by atoms with van der Waals surface area (Å²) in [7, 11) is 1.21. The number of esters is 1. The molecule has 128 valence electrons. The van der Waals surface area contributed by atoms with E-state index in [-0.39, 0.29) is 34.5 Å². The zero-order chi connectivity index (χ0) is 17.7. The fourth-order valence-electron chi connectivity index (χ4n) is 1.91. The summed E-state index contributed by atoms with van der Waals surface area (Å²) in [6.45, 7) is 2.03. The molecule has 0 bridgehead atoms. The molecule has 0 aliphatic carbocycles. The number of nitrogens with two attached hydrogens (primary N) is 1. The standard InChI is InChI=1S/C15H16FN3O4S/c1-3-18-13(20)8-4-5-10(16)9(6-8)7-23-14-11(15(21)22-2)12(17)24-19-14/h4-6H,3,7,17H2,1-2H3,(H,18,20). The average molecular weight is 353 g/mol. The molecule has 3 N–H and O–H groups in total. The molecule has 0 aliphatic rings. The zero-order valence-electron chi connectivity index (χ0n) is 13.1. The van der Waals surface area contributed by atoms with E-state index in [1.54, 1.807) is 6.92 Å². The molecule has 0 radical (unpaired) electrons. The number of nitrogens with zero attached hydrogens (tertiary/aromatic N) is 1. The lowest BCUT2D eigenvalue weighted by Crippen LogP contribution is -2.22. The maximum atomic E-state index is 13.9. The lowest BCUT2D eigenvalue weighted by atomic mass is 10.1. The lowest BCUT2D eigenvalue weighted by molar-refractivity contribution is 0.0596. The van der Waals surface area contributed by atoms with Crippen molar-refractivity contribution in [3.05, 3.63) is 40.7 Å². The van der Waals surface area contributed by atoms with Crippen molar-refractivity contribution in [3.63, 3.8) is 0 Å². The monoisotopic (exact) mass is 353 g/mol. The number of carbonyl (C=O) groups is 2. The van der Waals surface area contributed by atoms with Gasteiger partial charge in [-0.05, 0) is 36.7 Å². The Hall–Kier alpha value is -2.68. The van der Waals surface area contributed by atoms with Crippen LogP contribution >= 0.6 is 11.5 Å². The number of ether oxygens (including phenoxy) is 2. The van der Waals surface area contributed by atoms with Gasteiger partial charge in [-0.3, -0.25) is 4.79 Å². The summed E-state index contributed by atoms with van der Waals surface area (Å²) >= 11 is 0.873. The molecule has 0 spiro atoms. The van der Waals surface area contributed by atoms with Gasteiger partial charge in [0.2, 0.25) is 5.88 Å². The van der Waals surface area contributed by atoms with Gasteiger partial charge in [-0.1, -0.05) is 0 Å². The van der Waals surface area contributed by atoms with Gasteiger partial charge in [-0.25, -0.2) is 9.18 Å². The lowest BCUT2D eigenvalue weighted by Gasteiger charge is -2.09. The van der Waals surface area contributed by atoms with Crippen LogP contribution in [0.3, 0.4) is 0 Å². The summed E-state index contributed by atoms with van der Waals surface area (Å²) in [4.78, 5) is 23.5. The Bertz CT molecular complexity index is 763. The van der Waals surface area contributed by atoms with Crippen LogP contribution in [0.2, 0.25) is 0 Å². The molecule has 0 aliphatic heterocycles. The van der Waals surface area contributed by atoms with Crippen LogP contribution < -0.4 is 15.8 Å². The number of carbonyl (C=O) groups excluding carboxylic acids is 2. The van der Waals surface area contributed by atoms with Crippen LogP contribution in [0.5, 0.6) is 5.88 Å². The molecule has 2 aromatic rings. The van der Waals surface area contributed by atoms with Crippen molar-refractivity contribution in [1.29, 1.82) is 0 Å². The predicted molar refractivity (Wildman–Crippen MR) is 86.6 cm³/mol. The van der Waals surface area contributed by atoms with Crippen molar-refractivity contribution in [2.45, 2.75) is 13.5 Å². The van der Waals surface area contributed by atoms with E-state index in [1.165, 1.54) is 25.3 Å². The number of hydrogen-bond donors (Lipinski definition) is 2. The first kappa shape index (κ1) is 17.7. The topological polar surface area (TPSA) is 104 Å². The minimum atomic E-state index is -0.687. The number of hydrogen-bond acceptors (Lipinski definition) is 7. The highest BCUT2D eigenvalue weighted by Gasteiger charge is 2.22. The number of anilines is 1. The van der Waals surface area contributed by atoms with E-state index in [2.05, 4.69) is 14.4 Å². The molecule has 2 rings (SSSR count). The molecule has 24 heavy (non-hydrogen) atoms. The Labute approximate surface area is 141 Å². The van der Waals surface area contributed by atoms with Crippen LogP contribution in [0.25, 0.3) is 0 Å². The highest BCUT2D eigenvalue weighted by Crippen LogP contribution is 2.29. The fourth-order valence-corrected chi connectivity index (χ4v) is 2.50. The maximum absolute atomic E-state index is 13.9. The molecule has 1 amide bonds. The van der Waals surface area contributed by atoms with E-state index < -0.39 is 11.8 Å². The number of aromatic nitrogens is 1. The van der Waals surface area contributed by atoms with Crippen LogP contribution in [-0.4, -0.2) is 29.9 Å². The summed E-state index contributed by atoms with van der Waals surface area (Å²) < 4.78 is 27.8. The predicted octanol–water partition coefficient (Wildman–Crippen LogP) is 1.98. The van der Waals surface area contributed by atoms with Crippen molar-refractivity contribution in [1.82, 2.24) is 9.69 Å². The third kappa shape index (κ3) is 3.80. The third-order valence-corrected chi connectivity index (χ3v) is 3.74. The van der Waals surface area contributed by atoms with Crippen LogP contribution in [0.4, 0.5) is 9.39 Å². The van der Waals surface area contributed by atoms with Crippen molar-refractivity contribution >= 4 is 28.4 Å². The van der Waals surface area contributed by atoms with E-state index >= 15 is 0 Å². The van der Waals surface area contributed by atoms with Gasteiger partial charge in [0.1, 0.15) is 17.4 Å². The van der Waals surface area contributed by atoms with Crippen LogP contribution in [0.1, 0.15) is 33.2 Å². The van der Waals surface area contributed by atoms with Gasteiger partial charge in [0, 0.05) is 17.7 Å². The number of benzene rings is 1. The van der Waals surface area contributed by atoms with Crippen LogP contribution in [0, 0.1) is 5.82 Å². The molecule has 7 nitrogen and oxygen atoms in total. The molecule has 0 saturated heterocycles. The second-order valence-electron chi connectivity index (χ2n) is 4.67. The van der Waals surface area contributed by atoms with Crippen molar-refractivity contribution in [3.8, 4) is 5.88 Å². The summed E-state index contributed by atoms with van der Waals surface area (Å²) in [5.41, 5.74) is 6.13. The Morgan fingerprint density at radius 2 is 2.17 bits per heavy atom. The summed E-state index contributed by atoms with van der Waals surface area (Å²) in [6, 6.07) is 3.94. The molecule has 1 heterocycles. The SMILES string of the molecule is CCNC(=O)c1ccc(F)c(COc2nsc(N)c2C(=O)OC)c1. The fraction of sp³-hybridized carbons (Fsp3) is 0.267. The van der Waals surface area contributed by atoms with Crippen LogP contribution in [-0.2, 0) is 11.3 Å². The molecule has 9 heteroatoms. The van der Waals surface area contributed by atoms with E-state index in [9.17, 15) is 14.0 Å². The van der Waals surface area contributed by atoms with Gasteiger partial charge < -0.3 is 20.5 Å². The minimum absolute atomic E-state index is 0.00258. The molecule has 0 atom stereocenters. The highest BCUT2D eigenvalue weighted by molar-refractivity contribution is 7.10. The molecular formula is C15H16FN3O4S. The van der Waals surface area contributed by atoms with Gasteiger partial charge in [0.05, 0.1) is 7.11 Å². The van der Waals surface area contributed by atoms with Crippen molar-refractivity contribution in [2.75, 3.05) is 19.4 Å². The molecule has 0 unspecified atom stereocenters. The zero-order valence-corrected chi connectivity index (χ0v) is 13.9. The third-order valence-electron chi connectivity index (χ3n) is 3.09. The number of halogens is 1. The second kappa shape index (κ2) is 7.73. The first-order valence-corrected chi connectivity index (χ1v) is 7.78. The van der Waals surface area contributed by atoms with Crippen LogP contribution in [0.15, 0.2) is 18.2 Å². The minimum Gasteiger partial charge on any atom is -0.471 e. The number of amides is 1. The average Bonchev–Trinajstić information content (AvgIpc) is 2.94. The van der Waals surface area contributed by atoms with E-state index in [1.807, 2.05) is 0 Å². The normalized spacial score (nSPS) is 10.3. The molecule has 0 fully saturated rings. The van der Waals surface area contributed by atoms with Gasteiger partial charge in [-0.2, -0.15) is 4.37 Å². The molecular weight excluding hydrogens is 337 g/mol. The summed E-state index contributed by atoms with van der Waals surface area (Å²) in [5.74, 6) is -1.57. The summed E-state index contributed by atoms with van der Waals surface area (Å²) in [5, 5.41) is 2.77.